The molecule has 1 rings (SSSR count). The van der Waals surface area contributed by atoms with Gasteiger partial charge in [-0.15, -0.1) is 0 Å². The smallest absolute Gasteiger partial charge is 0.223 e. The molecule has 3 heteroatoms. The van der Waals surface area contributed by atoms with Gasteiger partial charge in [-0.25, -0.2) is 0 Å². The fourth-order valence-corrected chi connectivity index (χ4v) is 2.98. The van der Waals surface area contributed by atoms with Gasteiger partial charge in [-0.05, 0) is 37.5 Å². The first kappa shape index (κ1) is 17.5. The monoisotopic (exact) mass is 282 g/mol. The maximum atomic E-state index is 12.1. The van der Waals surface area contributed by atoms with Crippen LogP contribution in [0.2, 0.25) is 0 Å². The van der Waals surface area contributed by atoms with Crippen LogP contribution in [0.1, 0.15) is 72.1 Å². The van der Waals surface area contributed by atoms with E-state index >= 15 is 0 Å². The number of hydrogen-bond acceptors (Lipinski definition) is 2. The molecule has 0 aromatic rings. The van der Waals surface area contributed by atoms with Crippen LogP contribution >= 0.6 is 0 Å². The Hall–Kier alpha value is -0.570. The lowest BCUT2D eigenvalue weighted by Gasteiger charge is -2.31. The summed E-state index contributed by atoms with van der Waals surface area (Å²) in [6, 6.07) is 0.204. The Balaban J connectivity index is 2.03. The lowest BCUT2D eigenvalue weighted by molar-refractivity contribution is -0.126. The molecule has 3 nitrogen and oxygen atoms in total. The van der Waals surface area contributed by atoms with Crippen LogP contribution in [0.15, 0.2) is 0 Å². The minimum Gasteiger partial charge on any atom is -0.356 e. The lowest BCUT2D eigenvalue weighted by atomic mass is 9.79. The second-order valence-corrected chi connectivity index (χ2v) is 7.04. The summed E-state index contributed by atoms with van der Waals surface area (Å²) in [6.07, 6.45) is 9.24. The van der Waals surface area contributed by atoms with Gasteiger partial charge in [-0.1, -0.05) is 46.5 Å². The van der Waals surface area contributed by atoms with E-state index in [2.05, 4.69) is 26.1 Å². The summed E-state index contributed by atoms with van der Waals surface area (Å²) in [6.45, 7) is 7.57. The van der Waals surface area contributed by atoms with E-state index in [4.69, 9.17) is 5.73 Å². The predicted octanol–water partition coefficient (Wildman–Crippen LogP) is 3.47. The summed E-state index contributed by atoms with van der Waals surface area (Å²) < 4.78 is 0. The van der Waals surface area contributed by atoms with Gasteiger partial charge in [0.25, 0.3) is 0 Å². The molecular weight excluding hydrogens is 248 g/mol. The molecular formula is C17H34N2O. The van der Waals surface area contributed by atoms with Gasteiger partial charge in [0.1, 0.15) is 0 Å². The zero-order chi connectivity index (χ0) is 15.0. The van der Waals surface area contributed by atoms with Crippen LogP contribution in [0.5, 0.6) is 0 Å². The number of amides is 1. The molecule has 0 aliphatic heterocycles. The first-order valence-electron chi connectivity index (χ1n) is 8.54. The first-order chi connectivity index (χ1) is 9.50. The fraction of sp³-hybridized carbons (Fsp3) is 0.941. The van der Waals surface area contributed by atoms with E-state index in [1.807, 2.05) is 0 Å². The molecule has 0 heterocycles. The SMILES string of the molecule is CC(C)CCCCCCNC(=O)C1CCC(C)C(N)C1. The summed E-state index contributed by atoms with van der Waals surface area (Å²) in [4.78, 5) is 12.1. The molecule has 118 valence electrons. The second kappa shape index (κ2) is 9.38. The largest absolute Gasteiger partial charge is 0.356 e. The third-order valence-corrected chi connectivity index (χ3v) is 4.64. The highest BCUT2D eigenvalue weighted by Gasteiger charge is 2.29. The third kappa shape index (κ3) is 6.74. The molecule has 0 saturated heterocycles. The standard InChI is InChI=1S/C17H34N2O/c1-13(2)8-6-4-5-7-11-19-17(20)15-10-9-14(3)16(18)12-15/h13-16H,4-12,18H2,1-3H3,(H,19,20). The fourth-order valence-electron chi connectivity index (χ4n) is 2.98. The summed E-state index contributed by atoms with van der Waals surface area (Å²) in [5, 5.41) is 3.09. The molecule has 0 bridgehead atoms. The van der Waals surface area contributed by atoms with Crippen LogP contribution in [0.25, 0.3) is 0 Å². The average molecular weight is 282 g/mol. The summed E-state index contributed by atoms with van der Waals surface area (Å²) >= 11 is 0. The van der Waals surface area contributed by atoms with Crippen LogP contribution in [0.4, 0.5) is 0 Å². The van der Waals surface area contributed by atoms with E-state index < -0.39 is 0 Å². The third-order valence-electron chi connectivity index (χ3n) is 4.64. The Morgan fingerprint density at radius 2 is 1.90 bits per heavy atom. The van der Waals surface area contributed by atoms with Crippen molar-refractivity contribution in [2.24, 2.45) is 23.5 Å². The van der Waals surface area contributed by atoms with Gasteiger partial charge in [-0.3, -0.25) is 4.79 Å². The Morgan fingerprint density at radius 1 is 1.20 bits per heavy atom. The van der Waals surface area contributed by atoms with Crippen molar-refractivity contribution < 1.29 is 4.79 Å². The Labute approximate surface area is 125 Å². The van der Waals surface area contributed by atoms with Crippen LogP contribution in [-0.4, -0.2) is 18.5 Å². The molecule has 0 spiro atoms. The molecule has 0 aromatic carbocycles. The minimum atomic E-state index is 0.155. The van der Waals surface area contributed by atoms with Crippen molar-refractivity contribution in [1.82, 2.24) is 5.32 Å². The van der Waals surface area contributed by atoms with Crippen molar-refractivity contribution in [2.75, 3.05) is 6.54 Å². The van der Waals surface area contributed by atoms with Crippen molar-refractivity contribution in [3.05, 3.63) is 0 Å². The zero-order valence-corrected chi connectivity index (χ0v) is 13.7. The molecule has 0 aromatic heterocycles. The molecule has 3 N–H and O–H groups in total. The van der Waals surface area contributed by atoms with Gasteiger partial charge >= 0.3 is 0 Å². The number of hydrogen-bond donors (Lipinski definition) is 2. The van der Waals surface area contributed by atoms with Crippen LogP contribution in [-0.2, 0) is 4.79 Å². The highest BCUT2D eigenvalue weighted by Crippen LogP contribution is 2.27. The van der Waals surface area contributed by atoms with Crippen molar-refractivity contribution in [1.29, 1.82) is 0 Å². The van der Waals surface area contributed by atoms with Crippen LogP contribution in [0.3, 0.4) is 0 Å². The number of unbranched alkanes of at least 4 members (excludes halogenated alkanes) is 3. The van der Waals surface area contributed by atoms with Gasteiger partial charge in [0.2, 0.25) is 5.91 Å². The van der Waals surface area contributed by atoms with Crippen LogP contribution < -0.4 is 11.1 Å². The summed E-state index contributed by atoms with van der Waals surface area (Å²) in [5.41, 5.74) is 6.06. The normalized spacial score (nSPS) is 26.8. The number of rotatable bonds is 8. The highest BCUT2D eigenvalue weighted by atomic mass is 16.1. The first-order valence-corrected chi connectivity index (χ1v) is 8.54. The topological polar surface area (TPSA) is 55.1 Å². The van der Waals surface area contributed by atoms with Crippen molar-refractivity contribution in [2.45, 2.75) is 78.2 Å². The van der Waals surface area contributed by atoms with E-state index in [-0.39, 0.29) is 17.9 Å². The maximum Gasteiger partial charge on any atom is 0.223 e. The van der Waals surface area contributed by atoms with E-state index in [9.17, 15) is 4.79 Å². The predicted molar refractivity (Wildman–Crippen MR) is 85.4 cm³/mol. The zero-order valence-electron chi connectivity index (χ0n) is 13.7. The molecule has 3 unspecified atom stereocenters. The van der Waals surface area contributed by atoms with Gasteiger partial charge in [0.15, 0.2) is 0 Å². The maximum absolute atomic E-state index is 12.1. The molecule has 1 fully saturated rings. The quantitative estimate of drug-likeness (QED) is 0.670. The van der Waals surface area contributed by atoms with E-state index in [1.165, 1.54) is 25.7 Å². The van der Waals surface area contributed by atoms with Gasteiger partial charge < -0.3 is 11.1 Å². The van der Waals surface area contributed by atoms with Crippen LogP contribution in [0, 0.1) is 17.8 Å². The Kier molecular flexibility index (Phi) is 8.20. The molecule has 1 saturated carbocycles. The van der Waals surface area contributed by atoms with Gasteiger partial charge in [-0.2, -0.15) is 0 Å². The van der Waals surface area contributed by atoms with Gasteiger partial charge in [0.05, 0.1) is 0 Å². The molecule has 20 heavy (non-hydrogen) atoms. The van der Waals surface area contributed by atoms with Crippen molar-refractivity contribution in [3.8, 4) is 0 Å². The van der Waals surface area contributed by atoms with Crippen molar-refractivity contribution in [3.63, 3.8) is 0 Å². The Morgan fingerprint density at radius 3 is 2.55 bits per heavy atom. The number of carbonyl (C=O) groups is 1. The molecule has 1 aliphatic carbocycles. The number of nitrogens with two attached hydrogens (primary N) is 1. The van der Waals surface area contributed by atoms with E-state index in [1.54, 1.807) is 0 Å². The number of carbonyl (C=O) groups excluding carboxylic acids is 1. The van der Waals surface area contributed by atoms with Crippen molar-refractivity contribution >= 4 is 5.91 Å². The molecule has 3 atom stereocenters. The summed E-state index contributed by atoms with van der Waals surface area (Å²) in [7, 11) is 0. The van der Waals surface area contributed by atoms with E-state index in [0.717, 1.165) is 38.1 Å². The molecule has 0 radical (unpaired) electrons. The summed E-state index contributed by atoms with van der Waals surface area (Å²) in [5.74, 6) is 1.77. The van der Waals surface area contributed by atoms with E-state index in [0.29, 0.717) is 5.92 Å². The highest BCUT2D eigenvalue weighted by molar-refractivity contribution is 5.78. The second-order valence-electron chi connectivity index (χ2n) is 7.04. The molecule has 1 aliphatic rings. The minimum absolute atomic E-state index is 0.155. The average Bonchev–Trinajstić information content (AvgIpc) is 2.40. The lowest BCUT2D eigenvalue weighted by Crippen LogP contribution is -2.41. The Bertz CT molecular complexity index is 278. The molecule has 1 amide bonds. The van der Waals surface area contributed by atoms with Gasteiger partial charge in [0, 0.05) is 18.5 Å². The number of nitrogens with one attached hydrogen (secondary N) is 1.